The molecule has 1 aromatic heterocycles. The van der Waals surface area contributed by atoms with E-state index in [-0.39, 0.29) is 6.09 Å². The number of nitrogens with two attached hydrogens (primary N) is 1. The van der Waals surface area contributed by atoms with E-state index in [1.54, 1.807) is 4.90 Å². The Bertz CT molecular complexity index is 588. The molecule has 0 radical (unpaired) electrons. The fourth-order valence-corrected chi connectivity index (χ4v) is 2.73. The summed E-state index contributed by atoms with van der Waals surface area (Å²) in [7, 11) is 0. The number of anilines is 1. The number of carbonyl (C=O) groups excluding carboxylic acids is 2. The van der Waals surface area contributed by atoms with Gasteiger partial charge < -0.3 is 20.7 Å². The van der Waals surface area contributed by atoms with Gasteiger partial charge in [0.25, 0.3) is 5.91 Å². The molecule has 2 aliphatic rings. The van der Waals surface area contributed by atoms with E-state index in [0.29, 0.717) is 37.6 Å². The van der Waals surface area contributed by atoms with Gasteiger partial charge in [-0.05, 0) is 30.9 Å². The van der Waals surface area contributed by atoms with Crippen molar-refractivity contribution in [3.63, 3.8) is 0 Å². The molecule has 0 unspecified atom stereocenters. The van der Waals surface area contributed by atoms with Crippen molar-refractivity contribution in [2.45, 2.75) is 19.3 Å². The molecular weight excluding hydrogens is 272 g/mol. The smallest absolute Gasteiger partial charge is 0.409 e. The lowest BCUT2D eigenvalue weighted by Gasteiger charge is -2.15. The van der Waals surface area contributed by atoms with E-state index < -0.39 is 5.91 Å². The van der Waals surface area contributed by atoms with Crippen molar-refractivity contribution in [2.75, 3.05) is 31.6 Å². The van der Waals surface area contributed by atoms with Gasteiger partial charge >= 0.3 is 6.09 Å². The predicted octanol–water partition coefficient (Wildman–Crippen LogP) is 0.533. The number of ether oxygens (including phenoxy) is 1. The fourth-order valence-electron chi connectivity index (χ4n) is 2.73. The van der Waals surface area contributed by atoms with Crippen molar-refractivity contribution in [1.82, 2.24) is 9.88 Å². The van der Waals surface area contributed by atoms with Gasteiger partial charge in [-0.25, -0.2) is 9.78 Å². The Morgan fingerprint density at radius 3 is 3.05 bits per heavy atom. The van der Waals surface area contributed by atoms with Crippen LogP contribution in [0.2, 0.25) is 0 Å². The quantitative estimate of drug-likeness (QED) is 0.824. The van der Waals surface area contributed by atoms with E-state index in [4.69, 9.17) is 10.5 Å². The molecule has 7 nitrogen and oxygen atoms in total. The molecule has 0 spiro atoms. The summed E-state index contributed by atoms with van der Waals surface area (Å²) in [5, 5.41) is 3.11. The SMILES string of the molecule is NC(=O)c1cc2c(nc1NCCN1CCOC1=O)CCC2. The molecule has 1 aromatic rings. The molecule has 1 aliphatic heterocycles. The summed E-state index contributed by atoms with van der Waals surface area (Å²) in [5.41, 5.74) is 7.98. The molecule has 2 heterocycles. The molecule has 21 heavy (non-hydrogen) atoms. The Hall–Kier alpha value is -2.31. The minimum absolute atomic E-state index is 0.297. The van der Waals surface area contributed by atoms with Crippen LogP contribution in [0, 0.1) is 0 Å². The summed E-state index contributed by atoms with van der Waals surface area (Å²) in [4.78, 5) is 29.0. The number of primary amides is 1. The molecule has 0 bridgehead atoms. The first-order chi connectivity index (χ1) is 10.1. The zero-order chi connectivity index (χ0) is 14.8. The van der Waals surface area contributed by atoms with Crippen molar-refractivity contribution in [3.05, 3.63) is 22.9 Å². The molecule has 0 aromatic carbocycles. The highest BCUT2D eigenvalue weighted by atomic mass is 16.6. The minimum Gasteiger partial charge on any atom is -0.448 e. The van der Waals surface area contributed by atoms with Crippen LogP contribution in [0.15, 0.2) is 6.07 Å². The van der Waals surface area contributed by atoms with E-state index in [0.717, 1.165) is 30.5 Å². The van der Waals surface area contributed by atoms with Gasteiger partial charge in [-0.15, -0.1) is 0 Å². The van der Waals surface area contributed by atoms with Crippen LogP contribution in [0.25, 0.3) is 0 Å². The molecule has 3 N–H and O–H groups in total. The van der Waals surface area contributed by atoms with E-state index >= 15 is 0 Å². The van der Waals surface area contributed by atoms with Crippen LogP contribution in [0.5, 0.6) is 0 Å². The maximum absolute atomic E-state index is 11.6. The molecule has 3 rings (SSSR count). The van der Waals surface area contributed by atoms with E-state index in [9.17, 15) is 9.59 Å². The summed E-state index contributed by atoms with van der Waals surface area (Å²) in [5.74, 6) is 0.0241. The van der Waals surface area contributed by atoms with Crippen LogP contribution in [0.1, 0.15) is 28.0 Å². The lowest BCUT2D eigenvalue weighted by Crippen LogP contribution is -2.30. The van der Waals surface area contributed by atoms with Crippen molar-refractivity contribution < 1.29 is 14.3 Å². The predicted molar refractivity (Wildman–Crippen MR) is 76.2 cm³/mol. The first kappa shape index (κ1) is 13.7. The molecule has 7 heteroatoms. The van der Waals surface area contributed by atoms with Crippen molar-refractivity contribution in [1.29, 1.82) is 0 Å². The number of cyclic esters (lactones) is 1. The average molecular weight is 290 g/mol. The molecule has 0 atom stereocenters. The summed E-state index contributed by atoms with van der Waals surface area (Å²) in [6, 6.07) is 1.84. The highest BCUT2D eigenvalue weighted by molar-refractivity contribution is 5.97. The number of aromatic nitrogens is 1. The number of rotatable bonds is 5. The largest absolute Gasteiger partial charge is 0.448 e. The van der Waals surface area contributed by atoms with Crippen LogP contribution >= 0.6 is 0 Å². The molecule has 112 valence electrons. The topological polar surface area (TPSA) is 97.6 Å². The van der Waals surface area contributed by atoms with Crippen molar-refractivity contribution >= 4 is 17.8 Å². The van der Waals surface area contributed by atoms with Gasteiger partial charge in [0.15, 0.2) is 0 Å². The number of aryl methyl sites for hydroxylation is 2. The summed E-state index contributed by atoms with van der Waals surface area (Å²) in [6.07, 6.45) is 2.64. The van der Waals surface area contributed by atoms with Gasteiger partial charge in [0.1, 0.15) is 12.4 Å². The Morgan fingerprint density at radius 2 is 2.33 bits per heavy atom. The number of hydrogen-bond donors (Lipinski definition) is 2. The summed E-state index contributed by atoms with van der Waals surface area (Å²) >= 11 is 0. The second-order valence-electron chi connectivity index (χ2n) is 5.24. The number of nitrogens with zero attached hydrogens (tertiary/aromatic N) is 2. The number of carbonyl (C=O) groups is 2. The summed E-state index contributed by atoms with van der Waals surface area (Å²) < 4.78 is 4.86. The number of nitrogens with one attached hydrogen (secondary N) is 1. The lowest BCUT2D eigenvalue weighted by atomic mass is 10.1. The second kappa shape index (κ2) is 5.59. The van der Waals surface area contributed by atoms with E-state index in [1.807, 2.05) is 6.07 Å². The Labute approximate surface area is 122 Å². The van der Waals surface area contributed by atoms with Gasteiger partial charge in [0, 0.05) is 18.8 Å². The third-order valence-corrected chi connectivity index (χ3v) is 3.84. The van der Waals surface area contributed by atoms with Crippen LogP contribution in [0.3, 0.4) is 0 Å². The normalized spacial score (nSPS) is 16.8. The number of amides is 2. The van der Waals surface area contributed by atoms with Crippen molar-refractivity contribution in [2.24, 2.45) is 5.73 Å². The third kappa shape index (κ3) is 2.76. The third-order valence-electron chi connectivity index (χ3n) is 3.84. The zero-order valence-electron chi connectivity index (χ0n) is 11.7. The van der Waals surface area contributed by atoms with Crippen LogP contribution < -0.4 is 11.1 Å². The molecule has 2 amide bonds. The highest BCUT2D eigenvalue weighted by Crippen LogP contribution is 2.25. The average Bonchev–Trinajstić information content (AvgIpc) is 3.06. The fraction of sp³-hybridized carbons (Fsp3) is 0.500. The van der Waals surface area contributed by atoms with Crippen LogP contribution in [-0.4, -0.2) is 48.1 Å². The van der Waals surface area contributed by atoms with Gasteiger partial charge in [0.2, 0.25) is 0 Å². The highest BCUT2D eigenvalue weighted by Gasteiger charge is 2.22. The van der Waals surface area contributed by atoms with Gasteiger partial charge in [-0.1, -0.05) is 0 Å². The first-order valence-electron chi connectivity index (χ1n) is 7.13. The molecular formula is C14H18N4O3. The summed E-state index contributed by atoms with van der Waals surface area (Å²) in [6.45, 7) is 2.04. The Balaban J connectivity index is 1.69. The number of pyridine rings is 1. The molecule has 1 aliphatic carbocycles. The van der Waals surface area contributed by atoms with Crippen LogP contribution in [0.4, 0.5) is 10.6 Å². The second-order valence-corrected chi connectivity index (χ2v) is 5.24. The lowest BCUT2D eigenvalue weighted by molar-refractivity contribution is 0.100. The zero-order valence-corrected chi connectivity index (χ0v) is 11.7. The van der Waals surface area contributed by atoms with E-state index in [1.165, 1.54) is 0 Å². The molecule has 0 saturated carbocycles. The maximum Gasteiger partial charge on any atom is 0.409 e. The van der Waals surface area contributed by atoms with Crippen molar-refractivity contribution in [3.8, 4) is 0 Å². The Kier molecular flexibility index (Phi) is 3.64. The first-order valence-corrected chi connectivity index (χ1v) is 7.13. The molecule has 1 saturated heterocycles. The number of fused-ring (bicyclic) bond motifs is 1. The van der Waals surface area contributed by atoms with E-state index in [2.05, 4.69) is 10.3 Å². The number of hydrogen-bond acceptors (Lipinski definition) is 5. The van der Waals surface area contributed by atoms with Gasteiger partial charge in [-0.2, -0.15) is 0 Å². The Morgan fingerprint density at radius 1 is 1.48 bits per heavy atom. The van der Waals surface area contributed by atoms with Crippen LogP contribution in [-0.2, 0) is 17.6 Å². The maximum atomic E-state index is 11.6. The standard InChI is InChI=1S/C14H18N4O3/c15-12(19)10-8-9-2-1-3-11(9)17-13(10)16-4-5-18-6-7-21-14(18)20/h8H,1-7H2,(H2,15,19)(H,16,17). The minimum atomic E-state index is -0.486. The monoisotopic (exact) mass is 290 g/mol. The molecule has 1 fully saturated rings. The van der Waals surface area contributed by atoms with Gasteiger partial charge in [0.05, 0.1) is 12.1 Å². The van der Waals surface area contributed by atoms with Gasteiger partial charge in [-0.3, -0.25) is 4.79 Å².